The largest absolute Gasteiger partial charge is 0.293 e. The van der Waals surface area contributed by atoms with Gasteiger partial charge in [-0.15, -0.1) is 0 Å². The van der Waals surface area contributed by atoms with Crippen molar-refractivity contribution in [2.24, 2.45) is 5.92 Å². The van der Waals surface area contributed by atoms with Gasteiger partial charge in [0.15, 0.2) is 5.78 Å². The van der Waals surface area contributed by atoms with E-state index < -0.39 is 0 Å². The first-order valence-electron chi connectivity index (χ1n) is 7.02. The first-order valence-corrected chi connectivity index (χ1v) is 7.02. The average Bonchev–Trinajstić information content (AvgIpc) is 2.89. The molecule has 1 aromatic carbocycles. The highest BCUT2D eigenvalue weighted by Gasteiger charge is 2.29. The molecule has 18 heavy (non-hydrogen) atoms. The van der Waals surface area contributed by atoms with Gasteiger partial charge in [0, 0.05) is 5.56 Å². The van der Waals surface area contributed by atoms with Gasteiger partial charge < -0.3 is 0 Å². The maximum absolute atomic E-state index is 12.6. The van der Waals surface area contributed by atoms with E-state index in [-0.39, 0.29) is 6.04 Å². The van der Waals surface area contributed by atoms with Gasteiger partial charge in [0.25, 0.3) is 0 Å². The molecule has 0 aromatic heterocycles. The maximum Gasteiger partial charge on any atom is 0.179 e. The number of ketones is 1. The van der Waals surface area contributed by atoms with Crippen LogP contribution in [-0.4, -0.2) is 29.8 Å². The van der Waals surface area contributed by atoms with E-state index in [1.807, 2.05) is 30.3 Å². The van der Waals surface area contributed by atoms with Gasteiger partial charge in [-0.3, -0.25) is 9.69 Å². The fourth-order valence-corrected chi connectivity index (χ4v) is 2.72. The Hall–Kier alpha value is -1.15. The Balaban J connectivity index is 2.15. The summed E-state index contributed by atoms with van der Waals surface area (Å²) < 4.78 is 0. The summed E-state index contributed by atoms with van der Waals surface area (Å²) >= 11 is 0. The van der Waals surface area contributed by atoms with Gasteiger partial charge in [0.2, 0.25) is 0 Å². The highest BCUT2D eigenvalue weighted by molar-refractivity contribution is 6.00. The minimum absolute atomic E-state index is 0.0786. The van der Waals surface area contributed by atoms with Gasteiger partial charge in [0.1, 0.15) is 0 Å². The van der Waals surface area contributed by atoms with E-state index in [9.17, 15) is 4.79 Å². The molecule has 1 heterocycles. The lowest BCUT2D eigenvalue weighted by atomic mass is 9.95. The quantitative estimate of drug-likeness (QED) is 0.741. The standard InChI is InChI=1S/C16H23NO/c1-13(2)12-15(17-10-6-7-11-17)16(18)14-8-4-3-5-9-14/h3-5,8-9,13,15H,6-7,10-12H2,1-2H3/t15-/m1/s1. The fourth-order valence-electron chi connectivity index (χ4n) is 2.72. The van der Waals surface area contributed by atoms with Crippen LogP contribution in [0.1, 0.15) is 43.5 Å². The topological polar surface area (TPSA) is 20.3 Å². The number of hydrogen-bond donors (Lipinski definition) is 0. The van der Waals surface area contributed by atoms with Crippen LogP contribution in [0.25, 0.3) is 0 Å². The van der Waals surface area contributed by atoms with E-state index >= 15 is 0 Å². The van der Waals surface area contributed by atoms with Crippen LogP contribution in [0.15, 0.2) is 30.3 Å². The van der Waals surface area contributed by atoms with Crippen LogP contribution in [-0.2, 0) is 0 Å². The first kappa shape index (κ1) is 13.3. The second-order valence-electron chi connectivity index (χ2n) is 5.62. The summed E-state index contributed by atoms with van der Waals surface area (Å²) in [7, 11) is 0. The van der Waals surface area contributed by atoms with Gasteiger partial charge in [-0.05, 0) is 38.3 Å². The predicted molar refractivity (Wildman–Crippen MR) is 74.8 cm³/mol. The Kier molecular flexibility index (Phi) is 4.54. The van der Waals surface area contributed by atoms with E-state index in [0.29, 0.717) is 11.7 Å². The molecule has 0 spiro atoms. The summed E-state index contributed by atoms with van der Waals surface area (Å²) in [6.45, 7) is 6.55. The highest BCUT2D eigenvalue weighted by atomic mass is 16.1. The SMILES string of the molecule is CC(C)C[C@H](C(=O)c1ccccc1)N1CCCC1. The molecule has 2 nitrogen and oxygen atoms in total. The summed E-state index contributed by atoms with van der Waals surface area (Å²) in [5.41, 5.74) is 0.857. The van der Waals surface area contributed by atoms with Crippen LogP contribution in [0.4, 0.5) is 0 Å². The van der Waals surface area contributed by atoms with Crippen LogP contribution < -0.4 is 0 Å². The summed E-state index contributed by atoms with van der Waals surface area (Å²) in [4.78, 5) is 15.0. The molecule has 2 rings (SSSR count). The summed E-state index contributed by atoms with van der Waals surface area (Å²) in [5.74, 6) is 0.856. The minimum atomic E-state index is 0.0786. The number of rotatable bonds is 5. The molecular formula is C16H23NO. The molecule has 0 aliphatic carbocycles. The van der Waals surface area contributed by atoms with Crippen molar-refractivity contribution in [2.45, 2.75) is 39.2 Å². The number of likely N-dealkylation sites (tertiary alicyclic amines) is 1. The third kappa shape index (κ3) is 3.20. The Morgan fingerprint density at radius 3 is 2.33 bits per heavy atom. The summed E-state index contributed by atoms with van der Waals surface area (Å²) in [5, 5.41) is 0. The van der Waals surface area contributed by atoms with Gasteiger partial charge >= 0.3 is 0 Å². The lowest BCUT2D eigenvalue weighted by molar-refractivity contribution is 0.0822. The molecule has 0 bridgehead atoms. The van der Waals surface area contributed by atoms with Crippen molar-refractivity contribution in [3.05, 3.63) is 35.9 Å². The zero-order chi connectivity index (χ0) is 13.0. The molecule has 1 atom stereocenters. The normalized spacial score (nSPS) is 18.2. The van der Waals surface area contributed by atoms with Crippen molar-refractivity contribution in [1.82, 2.24) is 4.90 Å². The van der Waals surface area contributed by atoms with Crippen molar-refractivity contribution in [3.8, 4) is 0 Å². The monoisotopic (exact) mass is 245 g/mol. The zero-order valence-electron chi connectivity index (χ0n) is 11.4. The molecular weight excluding hydrogens is 222 g/mol. The molecule has 1 aliphatic heterocycles. The third-order valence-electron chi connectivity index (χ3n) is 3.64. The van der Waals surface area contributed by atoms with Gasteiger partial charge in [0.05, 0.1) is 6.04 Å². The number of nitrogens with zero attached hydrogens (tertiary/aromatic N) is 1. The molecule has 1 aromatic rings. The molecule has 2 heteroatoms. The van der Waals surface area contributed by atoms with Crippen molar-refractivity contribution >= 4 is 5.78 Å². The third-order valence-corrected chi connectivity index (χ3v) is 3.64. The molecule has 1 fully saturated rings. The zero-order valence-corrected chi connectivity index (χ0v) is 11.4. The van der Waals surface area contributed by atoms with Crippen molar-refractivity contribution in [3.63, 3.8) is 0 Å². The number of hydrogen-bond acceptors (Lipinski definition) is 2. The van der Waals surface area contributed by atoms with E-state index in [0.717, 1.165) is 25.1 Å². The lowest BCUT2D eigenvalue weighted by Crippen LogP contribution is -2.40. The van der Waals surface area contributed by atoms with Crippen molar-refractivity contribution in [2.75, 3.05) is 13.1 Å². The van der Waals surface area contributed by atoms with Crippen LogP contribution >= 0.6 is 0 Å². The van der Waals surface area contributed by atoms with E-state index in [1.54, 1.807) is 0 Å². The van der Waals surface area contributed by atoms with E-state index in [1.165, 1.54) is 12.8 Å². The fraction of sp³-hybridized carbons (Fsp3) is 0.562. The second-order valence-corrected chi connectivity index (χ2v) is 5.62. The number of carbonyl (C=O) groups is 1. The van der Waals surface area contributed by atoms with Crippen LogP contribution in [0, 0.1) is 5.92 Å². The lowest BCUT2D eigenvalue weighted by Gasteiger charge is -2.27. The van der Waals surface area contributed by atoms with Crippen LogP contribution in [0.2, 0.25) is 0 Å². The molecule has 98 valence electrons. The maximum atomic E-state index is 12.6. The van der Waals surface area contributed by atoms with Crippen molar-refractivity contribution < 1.29 is 4.79 Å². The molecule has 1 aliphatic rings. The summed E-state index contributed by atoms with van der Waals surface area (Å²) in [6.07, 6.45) is 3.43. The van der Waals surface area contributed by atoms with Gasteiger partial charge in [-0.2, -0.15) is 0 Å². The van der Waals surface area contributed by atoms with Gasteiger partial charge in [-0.25, -0.2) is 0 Å². The predicted octanol–water partition coefficient (Wildman–Crippen LogP) is 3.38. The minimum Gasteiger partial charge on any atom is -0.293 e. The first-order chi connectivity index (χ1) is 8.68. The Labute approximate surface area is 110 Å². The average molecular weight is 245 g/mol. The van der Waals surface area contributed by atoms with Crippen LogP contribution in [0.3, 0.4) is 0 Å². The molecule has 1 saturated heterocycles. The molecule has 0 amide bonds. The highest BCUT2D eigenvalue weighted by Crippen LogP contribution is 2.21. The molecule has 0 unspecified atom stereocenters. The number of benzene rings is 1. The smallest absolute Gasteiger partial charge is 0.179 e. The number of carbonyl (C=O) groups excluding carboxylic acids is 1. The Morgan fingerprint density at radius 1 is 1.17 bits per heavy atom. The molecule has 0 radical (unpaired) electrons. The summed E-state index contributed by atoms with van der Waals surface area (Å²) in [6, 6.07) is 9.81. The molecule has 0 N–H and O–H groups in total. The Bertz CT molecular complexity index is 379. The van der Waals surface area contributed by atoms with Crippen molar-refractivity contribution in [1.29, 1.82) is 0 Å². The van der Waals surface area contributed by atoms with E-state index in [2.05, 4.69) is 18.7 Å². The second kappa shape index (κ2) is 6.14. The molecule has 0 saturated carbocycles. The van der Waals surface area contributed by atoms with Gasteiger partial charge in [-0.1, -0.05) is 44.2 Å². The Morgan fingerprint density at radius 2 is 1.78 bits per heavy atom. The van der Waals surface area contributed by atoms with Crippen LogP contribution in [0.5, 0.6) is 0 Å². The van der Waals surface area contributed by atoms with E-state index in [4.69, 9.17) is 0 Å². The number of Topliss-reactive ketones (excluding diaryl/α,β-unsaturated/α-hetero) is 1.